The Hall–Kier alpha value is -2.43. The number of hydrogen-bond acceptors (Lipinski definition) is 5. The van der Waals surface area contributed by atoms with Gasteiger partial charge in [-0.05, 0) is 59.6 Å². The maximum absolute atomic E-state index is 12.5. The molecule has 0 amide bonds. The zero-order valence-electron chi connectivity index (χ0n) is 17.1. The van der Waals surface area contributed by atoms with Gasteiger partial charge in [0, 0.05) is 6.07 Å². The van der Waals surface area contributed by atoms with Crippen molar-refractivity contribution in [3.05, 3.63) is 40.8 Å². The molecule has 5 nitrogen and oxygen atoms in total. The van der Waals surface area contributed by atoms with Crippen LogP contribution in [0.2, 0.25) is 0 Å². The minimum absolute atomic E-state index is 0.108. The van der Waals surface area contributed by atoms with Crippen LogP contribution in [-0.4, -0.2) is 18.3 Å². The van der Waals surface area contributed by atoms with Gasteiger partial charge >= 0.3 is 5.63 Å². The summed E-state index contributed by atoms with van der Waals surface area (Å²) in [7, 11) is 0. The highest BCUT2D eigenvalue weighted by Gasteiger charge is 2.20. The van der Waals surface area contributed by atoms with Crippen LogP contribution in [0.15, 0.2) is 39.6 Å². The Morgan fingerprint density at radius 3 is 2.52 bits per heavy atom. The molecule has 148 valence electrons. The molecule has 27 heavy (non-hydrogen) atoms. The second-order valence-electron chi connectivity index (χ2n) is 7.60. The molecule has 0 saturated carbocycles. The van der Waals surface area contributed by atoms with E-state index in [1.165, 1.54) is 0 Å². The van der Waals surface area contributed by atoms with Crippen molar-refractivity contribution in [2.24, 2.45) is 0 Å². The van der Waals surface area contributed by atoms with Gasteiger partial charge in [0.05, 0.1) is 18.1 Å². The monoisotopic (exact) mass is 374 g/mol. The molecule has 0 unspecified atom stereocenters. The van der Waals surface area contributed by atoms with Gasteiger partial charge in [-0.1, -0.05) is 19.1 Å². The van der Waals surface area contributed by atoms with Crippen LogP contribution in [0, 0.1) is 0 Å². The fourth-order valence-electron chi connectivity index (χ4n) is 2.54. The summed E-state index contributed by atoms with van der Waals surface area (Å²) in [4.78, 5) is 12.5. The topological polar surface area (TPSA) is 57.9 Å². The first-order valence-corrected chi connectivity index (χ1v) is 9.45. The lowest BCUT2D eigenvalue weighted by molar-refractivity contribution is 0.131. The zero-order chi connectivity index (χ0) is 20.0. The van der Waals surface area contributed by atoms with Crippen LogP contribution in [0.5, 0.6) is 17.2 Å². The Morgan fingerprint density at radius 1 is 1.15 bits per heavy atom. The van der Waals surface area contributed by atoms with Crippen molar-refractivity contribution in [2.75, 3.05) is 6.61 Å². The van der Waals surface area contributed by atoms with Gasteiger partial charge in [-0.15, -0.1) is 0 Å². The summed E-state index contributed by atoms with van der Waals surface area (Å²) in [6.07, 6.45) is 5.67. The molecule has 0 aliphatic rings. The van der Waals surface area contributed by atoms with Crippen molar-refractivity contribution in [1.29, 1.82) is 0 Å². The van der Waals surface area contributed by atoms with Crippen molar-refractivity contribution >= 4 is 11.0 Å². The fraction of sp³-hybridized carbons (Fsp3) is 0.500. The van der Waals surface area contributed by atoms with E-state index in [9.17, 15) is 4.79 Å². The molecular formula is C22H30O5. The van der Waals surface area contributed by atoms with E-state index in [0.29, 0.717) is 35.5 Å². The van der Waals surface area contributed by atoms with E-state index in [2.05, 4.69) is 13.0 Å². The first-order valence-electron chi connectivity index (χ1n) is 9.45. The highest BCUT2D eigenvalue weighted by molar-refractivity contribution is 5.86. The van der Waals surface area contributed by atoms with Crippen LogP contribution in [0.25, 0.3) is 11.0 Å². The molecule has 1 aromatic carbocycles. The van der Waals surface area contributed by atoms with Gasteiger partial charge in [-0.2, -0.15) is 0 Å². The molecule has 5 heteroatoms. The Morgan fingerprint density at radius 2 is 1.89 bits per heavy atom. The van der Waals surface area contributed by atoms with Gasteiger partial charge in [-0.25, -0.2) is 4.79 Å². The van der Waals surface area contributed by atoms with Gasteiger partial charge in [0.15, 0.2) is 5.75 Å². The van der Waals surface area contributed by atoms with E-state index in [-0.39, 0.29) is 17.5 Å². The third-order valence-electron chi connectivity index (χ3n) is 3.50. The van der Waals surface area contributed by atoms with E-state index in [0.717, 1.165) is 6.42 Å². The number of ether oxygens (including phenoxy) is 3. The molecule has 0 saturated heterocycles. The molecule has 0 spiro atoms. The van der Waals surface area contributed by atoms with E-state index in [1.807, 2.05) is 52.8 Å². The summed E-state index contributed by atoms with van der Waals surface area (Å²) in [5, 5.41) is 0.684. The Balaban J connectivity index is 2.43. The van der Waals surface area contributed by atoms with E-state index in [1.54, 1.807) is 6.07 Å². The lowest BCUT2D eigenvalue weighted by atomic mass is 10.1. The summed E-state index contributed by atoms with van der Waals surface area (Å²) >= 11 is 0. The molecule has 0 fully saturated rings. The second-order valence-corrected chi connectivity index (χ2v) is 7.60. The molecule has 2 rings (SSSR count). The van der Waals surface area contributed by atoms with Crippen LogP contribution >= 0.6 is 0 Å². The van der Waals surface area contributed by atoms with Gasteiger partial charge in [-0.3, -0.25) is 0 Å². The van der Waals surface area contributed by atoms with Gasteiger partial charge in [0.25, 0.3) is 0 Å². The predicted molar refractivity (Wildman–Crippen MR) is 108 cm³/mol. The molecule has 0 aliphatic carbocycles. The van der Waals surface area contributed by atoms with E-state index >= 15 is 0 Å². The highest BCUT2D eigenvalue weighted by atomic mass is 16.5. The largest absolute Gasteiger partial charge is 0.488 e. The average Bonchev–Trinajstić information content (AvgIpc) is 2.54. The third-order valence-corrected chi connectivity index (χ3v) is 3.50. The first-order chi connectivity index (χ1) is 12.7. The molecule has 0 atom stereocenters. The molecule has 0 aliphatic heterocycles. The van der Waals surface area contributed by atoms with Crippen LogP contribution < -0.4 is 19.8 Å². The lowest BCUT2D eigenvalue weighted by Crippen LogP contribution is -2.22. The summed E-state index contributed by atoms with van der Waals surface area (Å²) < 4.78 is 23.0. The van der Waals surface area contributed by atoms with Gasteiger partial charge < -0.3 is 18.6 Å². The Kier molecular flexibility index (Phi) is 6.94. The number of rotatable bonds is 8. The standard InChI is InChI=1S/C22H30O5/c1-7-8-9-10-13-24-20-19(25-15(2)3)17-12-11-16(27-22(4,5)6)14-18(17)26-21(20)23/h8-9,11-12,14-15H,7,10,13H2,1-6H3. The summed E-state index contributed by atoms with van der Waals surface area (Å²) in [5.41, 5.74) is -0.485. The van der Waals surface area contributed by atoms with Crippen molar-refractivity contribution in [1.82, 2.24) is 0 Å². The maximum atomic E-state index is 12.5. The molecule has 0 radical (unpaired) electrons. The van der Waals surface area contributed by atoms with Crippen molar-refractivity contribution in [3.63, 3.8) is 0 Å². The van der Waals surface area contributed by atoms with Gasteiger partial charge in [0.1, 0.15) is 16.9 Å². The van der Waals surface area contributed by atoms with E-state index < -0.39 is 5.63 Å². The van der Waals surface area contributed by atoms with Crippen molar-refractivity contribution < 1.29 is 18.6 Å². The SMILES string of the molecule is CCC=CCCOc1c(OC(C)C)c2ccc(OC(C)(C)C)cc2oc1=O. The second kappa shape index (κ2) is 8.98. The minimum Gasteiger partial charge on any atom is -0.488 e. The van der Waals surface area contributed by atoms with Crippen molar-refractivity contribution in [3.8, 4) is 17.2 Å². The minimum atomic E-state index is -0.550. The molecular weight excluding hydrogens is 344 g/mol. The number of hydrogen-bond donors (Lipinski definition) is 0. The number of fused-ring (bicyclic) bond motifs is 1. The van der Waals surface area contributed by atoms with Crippen molar-refractivity contribution in [2.45, 2.75) is 66.1 Å². The van der Waals surface area contributed by atoms with Crippen LogP contribution in [-0.2, 0) is 0 Å². The van der Waals surface area contributed by atoms with Crippen LogP contribution in [0.3, 0.4) is 0 Å². The van der Waals surface area contributed by atoms with E-state index in [4.69, 9.17) is 18.6 Å². The predicted octanol–water partition coefficient (Wildman–Crippen LogP) is 5.49. The zero-order valence-corrected chi connectivity index (χ0v) is 17.1. The molecule has 1 aromatic heterocycles. The third kappa shape index (κ3) is 6.05. The lowest BCUT2D eigenvalue weighted by Gasteiger charge is -2.21. The van der Waals surface area contributed by atoms with Crippen LogP contribution in [0.1, 0.15) is 54.4 Å². The summed E-state index contributed by atoms with van der Waals surface area (Å²) in [5.74, 6) is 1.16. The van der Waals surface area contributed by atoms with Gasteiger partial charge in [0.2, 0.25) is 5.75 Å². The molecule has 2 aromatic rings. The molecule has 1 heterocycles. The number of allylic oxidation sites excluding steroid dienone is 1. The summed E-state index contributed by atoms with van der Waals surface area (Å²) in [6.45, 7) is 12.2. The maximum Gasteiger partial charge on any atom is 0.383 e. The Labute approximate surface area is 160 Å². The molecule has 0 N–H and O–H groups in total. The smallest absolute Gasteiger partial charge is 0.383 e. The number of benzene rings is 1. The average molecular weight is 374 g/mol. The van der Waals surface area contributed by atoms with Crippen LogP contribution in [0.4, 0.5) is 0 Å². The highest BCUT2D eigenvalue weighted by Crippen LogP contribution is 2.36. The first kappa shape index (κ1) is 20.9. The molecule has 0 bridgehead atoms. The normalized spacial score (nSPS) is 12.1. The fourth-order valence-corrected chi connectivity index (χ4v) is 2.54. The quantitative estimate of drug-likeness (QED) is 0.347. The Bertz CT molecular complexity index is 840. The summed E-state index contributed by atoms with van der Waals surface area (Å²) in [6, 6.07) is 5.39.